The Morgan fingerprint density at radius 1 is 0.262 bits per heavy atom. The number of rotatable bonds is 8. The Bertz CT molecular complexity index is 1650. The fourth-order valence-electron chi connectivity index (χ4n) is 8.46. The molecule has 354 valence electrons. The minimum absolute atomic E-state index is 0. The summed E-state index contributed by atoms with van der Waals surface area (Å²) in [7, 11) is -4.78. The van der Waals surface area contributed by atoms with Gasteiger partial charge < -0.3 is 36.2 Å². The van der Waals surface area contributed by atoms with Crippen molar-refractivity contribution in [3.8, 4) is 46.0 Å². The van der Waals surface area contributed by atoms with Gasteiger partial charge in [0, 0.05) is 16.5 Å². The first-order valence-corrected chi connectivity index (χ1v) is 27.7. The van der Waals surface area contributed by atoms with E-state index in [1.165, 1.54) is 77.0 Å². The molecule has 12 nitrogen and oxygen atoms in total. The van der Waals surface area contributed by atoms with Crippen LogP contribution >= 0.6 is 34.4 Å². The Balaban J connectivity index is 0.000000118. The molecule has 0 aromatic heterocycles. The molecule has 0 bridgehead atoms. The summed E-state index contributed by atoms with van der Waals surface area (Å²) in [5, 5.41) is 0. The number of fused-ring (bicyclic) bond motifs is 4. The summed E-state index contributed by atoms with van der Waals surface area (Å²) >= 11 is 0. The number of benzene rings is 4. The molecule has 0 saturated heterocycles. The maximum absolute atomic E-state index is 5.86. The van der Waals surface area contributed by atoms with Crippen molar-refractivity contribution in [3.63, 3.8) is 0 Å². The quantitative estimate of drug-likeness (QED) is 0.124. The first kappa shape index (κ1) is 48.8. The second kappa shape index (κ2) is 25.6. The van der Waals surface area contributed by atoms with E-state index < -0.39 is 34.4 Å². The van der Waals surface area contributed by atoms with Crippen LogP contribution in [0.3, 0.4) is 0 Å². The Morgan fingerprint density at radius 2 is 0.415 bits per heavy atom. The van der Waals surface area contributed by atoms with Gasteiger partial charge in [0.25, 0.3) is 0 Å². The summed E-state index contributed by atoms with van der Waals surface area (Å²) in [6.07, 6.45) is 25.9. The molecule has 4 aliphatic carbocycles. The van der Waals surface area contributed by atoms with Gasteiger partial charge in [0.15, 0.2) is 46.0 Å². The molecule has 4 saturated carbocycles. The maximum atomic E-state index is 5.86. The topological polar surface area (TPSA) is 111 Å². The van der Waals surface area contributed by atoms with Crippen LogP contribution in [0.25, 0.3) is 0 Å². The SMILES string of the molecule is [Ni].c1ccc2c(c1)OP(OC1CCCCC1)O2.c1ccc2c(c1)OP(OC1CCCCC1)O2.c1ccc2c(c1)OP(OC1CCCCC1)O2.c1ccc2c(c1)OP(OC1CCCCC1)O2. The molecular weight excluding hydrogens is 951 g/mol. The summed E-state index contributed by atoms with van der Waals surface area (Å²) < 4.78 is 68.5. The van der Waals surface area contributed by atoms with Crippen molar-refractivity contribution in [3.05, 3.63) is 97.1 Å². The molecule has 0 amide bonds. The summed E-state index contributed by atoms with van der Waals surface area (Å²) in [5.41, 5.74) is 0. The molecule has 17 heteroatoms. The third-order valence-corrected chi connectivity index (χ3v) is 16.6. The second-order valence-corrected chi connectivity index (χ2v) is 21.0. The van der Waals surface area contributed by atoms with Crippen LogP contribution in [-0.2, 0) is 34.6 Å². The van der Waals surface area contributed by atoms with Crippen molar-refractivity contribution in [1.29, 1.82) is 0 Å². The molecule has 0 radical (unpaired) electrons. The molecule has 8 aliphatic rings. The van der Waals surface area contributed by atoms with Gasteiger partial charge in [0.05, 0.1) is 24.4 Å². The van der Waals surface area contributed by atoms with Gasteiger partial charge in [-0.25, -0.2) is 0 Å². The van der Waals surface area contributed by atoms with E-state index in [9.17, 15) is 0 Å². The molecule has 0 atom stereocenters. The van der Waals surface area contributed by atoms with Crippen LogP contribution in [0.15, 0.2) is 97.1 Å². The summed E-state index contributed by atoms with van der Waals surface area (Å²) in [4.78, 5) is 0. The molecular formula is C48H60NiO12P4. The van der Waals surface area contributed by atoms with Crippen molar-refractivity contribution in [2.24, 2.45) is 0 Å². The minimum Gasteiger partial charge on any atom is -0.414 e. The van der Waals surface area contributed by atoms with E-state index in [0.29, 0.717) is 24.4 Å². The number of hydrogen-bond acceptors (Lipinski definition) is 12. The number of hydrogen-bond donors (Lipinski definition) is 0. The van der Waals surface area contributed by atoms with Gasteiger partial charge in [-0.3, -0.25) is 18.1 Å². The Hall–Kier alpha value is -2.67. The maximum Gasteiger partial charge on any atom is 0.463 e. The Morgan fingerprint density at radius 3 is 0.569 bits per heavy atom. The van der Waals surface area contributed by atoms with Crippen molar-refractivity contribution in [1.82, 2.24) is 0 Å². The first-order chi connectivity index (χ1) is 31.7. The molecule has 12 rings (SSSR count). The zero-order valence-corrected chi connectivity index (χ0v) is 41.3. The van der Waals surface area contributed by atoms with Gasteiger partial charge in [0.1, 0.15) is 0 Å². The van der Waals surface area contributed by atoms with Gasteiger partial charge in [0.2, 0.25) is 0 Å². The smallest absolute Gasteiger partial charge is 0.414 e. The van der Waals surface area contributed by atoms with Crippen LogP contribution in [0.4, 0.5) is 0 Å². The van der Waals surface area contributed by atoms with Gasteiger partial charge in [-0.1, -0.05) is 126 Å². The summed E-state index contributed by atoms with van der Waals surface area (Å²) in [6.45, 7) is 0. The fraction of sp³-hybridized carbons (Fsp3) is 0.500. The van der Waals surface area contributed by atoms with Crippen LogP contribution in [0.2, 0.25) is 0 Å². The fourth-order valence-corrected chi connectivity index (χ4v) is 13.3. The Kier molecular flexibility index (Phi) is 19.2. The van der Waals surface area contributed by atoms with Crippen molar-refractivity contribution < 1.29 is 70.8 Å². The van der Waals surface area contributed by atoms with Crippen LogP contribution in [-0.4, -0.2) is 24.4 Å². The van der Waals surface area contributed by atoms with Crippen LogP contribution in [0.5, 0.6) is 46.0 Å². The number of para-hydroxylation sites is 8. The molecule has 4 aliphatic heterocycles. The average molecular weight is 1010 g/mol. The standard InChI is InChI=1S/4C12H15O3P.Ni/c4*1-2-6-10(7-3-1)13-16-14-11-8-4-5-9-12(11)15-16;/h4*4-5,8-10H,1-3,6-7H2;. The third-order valence-electron chi connectivity index (χ3n) is 11.9. The molecule has 4 fully saturated rings. The third kappa shape index (κ3) is 14.7. The second-order valence-electron chi connectivity index (χ2n) is 16.9. The van der Waals surface area contributed by atoms with E-state index in [2.05, 4.69) is 0 Å². The van der Waals surface area contributed by atoms with Crippen LogP contribution in [0.1, 0.15) is 128 Å². The molecule has 4 aromatic carbocycles. The van der Waals surface area contributed by atoms with Gasteiger partial charge in [-0.2, -0.15) is 0 Å². The summed E-state index contributed by atoms with van der Waals surface area (Å²) in [6, 6.07) is 30.9. The summed E-state index contributed by atoms with van der Waals surface area (Å²) in [5.74, 6) is 6.48. The van der Waals surface area contributed by atoms with Gasteiger partial charge in [-0.05, 0) is 99.9 Å². The molecule has 4 aromatic rings. The van der Waals surface area contributed by atoms with Crippen molar-refractivity contribution >= 4 is 34.4 Å². The predicted molar refractivity (Wildman–Crippen MR) is 250 cm³/mol. The molecule has 0 unspecified atom stereocenters. The minimum atomic E-state index is -1.19. The van der Waals surface area contributed by atoms with Crippen molar-refractivity contribution in [2.75, 3.05) is 0 Å². The van der Waals surface area contributed by atoms with Gasteiger partial charge in [-0.15, -0.1) is 0 Å². The first-order valence-electron chi connectivity index (χ1n) is 23.3. The van der Waals surface area contributed by atoms with E-state index in [-0.39, 0.29) is 16.5 Å². The van der Waals surface area contributed by atoms with Crippen molar-refractivity contribution in [2.45, 2.75) is 153 Å². The van der Waals surface area contributed by atoms with E-state index in [1.807, 2.05) is 97.1 Å². The predicted octanol–water partition coefficient (Wildman–Crippen LogP) is 16.1. The monoisotopic (exact) mass is 1010 g/mol. The zero-order chi connectivity index (χ0) is 43.2. The van der Waals surface area contributed by atoms with E-state index >= 15 is 0 Å². The van der Waals surface area contributed by atoms with E-state index in [1.54, 1.807) is 0 Å². The molecule has 4 heterocycles. The van der Waals surface area contributed by atoms with Gasteiger partial charge >= 0.3 is 34.4 Å². The van der Waals surface area contributed by atoms with E-state index in [0.717, 1.165) is 97.4 Å². The molecule has 0 N–H and O–H groups in total. The Labute approximate surface area is 399 Å². The van der Waals surface area contributed by atoms with Crippen LogP contribution < -0.4 is 36.2 Å². The molecule has 65 heavy (non-hydrogen) atoms. The molecule has 0 spiro atoms. The average Bonchev–Trinajstić information content (AvgIpc) is 4.15. The largest absolute Gasteiger partial charge is 0.463 e. The zero-order valence-electron chi connectivity index (χ0n) is 36.7. The normalized spacial score (nSPS) is 20.9. The van der Waals surface area contributed by atoms with Crippen LogP contribution in [0, 0.1) is 0 Å². The van der Waals surface area contributed by atoms with E-state index in [4.69, 9.17) is 54.3 Å².